The highest BCUT2D eigenvalue weighted by atomic mass is 79.9. The van der Waals surface area contributed by atoms with Crippen molar-refractivity contribution in [2.24, 2.45) is 0 Å². The lowest BCUT2D eigenvalue weighted by Crippen LogP contribution is -2.28. The molecule has 1 N–H and O–H groups in total. The lowest BCUT2D eigenvalue weighted by Gasteiger charge is -2.29. The highest BCUT2D eigenvalue weighted by Crippen LogP contribution is 2.63. The van der Waals surface area contributed by atoms with Crippen LogP contribution in [0.1, 0.15) is 23.2 Å². The third-order valence-corrected chi connectivity index (χ3v) is 8.55. The van der Waals surface area contributed by atoms with Gasteiger partial charge in [0.05, 0.1) is 13.2 Å². The fourth-order valence-electron chi connectivity index (χ4n) is 3.23. The van der Waals surface area contributed by atoms with Gasteiger partial charge in [0.1, 0.15) is 0 Å². The molecule has 1 saturated heterocycles. The van der Waals surface area contributed by atoms with Gasteiger partial charge in [-0.05, 0) is 64.7 Å². The summed E-state index contributed by atoms with van der Waals surface area (Å²) in [6.07, 6.45) is 3.94. The summed E-state index contributed by atoms with van der Waals surface area (Å²) in [5.74, 6) is -0.453. The average molecular weight is 527 g/mol. The normalized spacial score (nSPS) is 17.3. The minimum atomic E-state index is -3.70. The van der Waals surface area contributed by atoms with Crippen LogP contribution in [0.4, 0.5) is 0 Å². The average Bonchev–Trinajstić information content (AvgIpc) is 3.11. The number of carbonyl (C=O) groups is 1. The molecule has 0 spiro atoms. The van der Waals surface area contributed by atoms with Crippen LogP contribution in [0.3, 0.4) is 0 Å². The predicted molar refractivity (Wildman–Crippen MR) is 125 cm³/mol. The molecule has 1 unspecified atom stereocenters. The predicted octanol–water partition coefficient (Wildman–Crippen LogP) is 6.78. The van der Waals surface area contributed by atoms with E-state index in [0.29, 0.717) is 17.0 Å². The molecule has 2 aromatic carbocycles. The van der Waals surface area contributed by atoms with Crippen LogP contribution in [-0.2, 0) is 18.4 Å². The van der Waals surface area contributed by atoms with E-state index in [0.717, 1.165) is 20.1 Å². The number of hydrogen-bond donors (Lipinski definition) is 1. The molecule has 1 aromatic heterocycles. The van der Waals surface area contributed by atoms with E-state index >= 15 is 0 Å². The number of hydrogen-bond acceptors (Lipinski definition) is 5. The number of benzene rings is 2. The summed E-state index contributed by atoms with van der Waals surface area (Å²) in [6, 6.07) is 13.1. The monoisotopic (exact) mass is 525 g/mol. The Morgan fingerprint density at radius 3 is 2.80 bits per heavy atom. The molecule has 4 rings (SSSR count). The Hall–Kier alpha value is -1.47. The minimum absolute atomic E-state index is 0.289. The zero-order valence-corrected chi connectivity index (χ0v) is 19.8. The number of amides is 1. The third-order valence-electron chi connectivity index (χ3n) is 4.61. The van der Waals surface area contributed by atoms with Gasteiger partial charge in [-0.2, -0.15) is 0 Å². The van der Waals surface area contributed by atoms with Crippen LogP contribution in [0.15, 0.2) is 58.5 Å². The van der Waals surface area contributed by atoms with Crippen LogP contribution >= 0.6 is 46.5 Å². The van der Waals surface area contributed by atoms with Gasteiger partial charge in [0.15, 0.2) is 5.66 Å². The van der Waals surface area contributed by atoms with Gasteiger partial charge in [0.2, 0.25) is 5.91 Å². The van der Waals surface area contributed by atoms with Gasteiger partial charge in [-0.25, -0.2) is 0 Å². The van der Waals surface area contributed by atoms with Crippen molar-refractivity contribution in [2.75, 3.05) is 13.2 Å². The molecular weight excluding hydrogens is 509 g/mol. The number of rotatable bonds is 5. The second kappa shape index (κ2) is 9.35. The molecule has 9 heteroatoms. The first-order valence-electron chi connectivity index (χ1n) is 9.24. The van der Waals surface area contributed by atoms with Crippen LogP contribution in [0, 0.1) is 0 Å². The number of fused-ring (bicyclic) bond motifs is 1. The van der Waals surface area contributed by atoms with Gasteiger partial charge in [0, 0.05) is 20.4 Å². The molecule has 1 amide bonds. The van der Waals surface area contributed by atoms with Crippen LogP contribution in [-0.4, -0.2) is 19.1 Å². The van der Waals surface area contributed by atoms with E-state index in [1.165, 1.54) is 17.5 Å². The molecular formula is C21H18BrClNO4PS. The van der Waals surface area contributed by atoms with Crippen LogP contribution in [0.5, 0.6) is 0 Å². The quantitative estimate of drug-likeness (QED) is 0.372. The topological polar surface area (TPSA) is 64.6 Å². The van der Waals surface area contributed by atoms with Crippen LogP contribution in [0.25, 0.3) is 16.2 Å². The standard InChI is InChI=1S/C21H18BrClNO4PS/c22-15-4-1-3-14(11-15)7-8-24-21(25)20(29(26)27-9-2-10-28-29)18-13-30-19-6-5-16(23)12-17(18)19/h1,3-8,11-13,20H,2,9-10H2,(H,24,25). The van der Waals surface area contributed by atoms with E-state index in [-0.39, 0.29) is 13.2 Å². The van der Waals surface area contributed by atoms with Crippen molar-refractivity contribution >= 4 is 68.5 Å². The maximum absolute atomic E-state index is 13.5. The molecule has 0 bridgehead atoms. The Morgan fingerprint density at radius 2 is 2.03 bits per heavy atom. The second-order valence-corrected chi connectivity index (χ2v) is 11.1. The van der Waals surface area contributed by atoms with E-state index in [1.54, 1.807) is 18.2 Å². The fourth-order valence-corrected chi connectivity index (χ4v) is 6.94. The van der Waals surface area contributed by atoms with Gasteiger partial charge >= 0.3 is 7.60 Å². The Bertz CT molecular complexity index is 1150. The molecule has 2 heterocycles. The molecule has 1 aliphatic heterocycles. The van der Waals surface area contributed by atoms with Gasteiger partial charge in [-0.3, -0.25) is 9.36 Å². The zero-order chi connectivity index (χ0) is 21.1. The first-order chi connectivity index (χ1) is 14.5. The summed E-state index contributed by atoms with van der Waals surface area (Å²) in [4.78, 5) is 13.2. The minimum Gasteiger partial charge on any atom is -0.332 e. The molecule has 0 saturated carbocycles. The van der Waals surface area contributed by atoms with Gasteiger partial charge in [0.25, 0.3) is 0 Å². The van der Waals surface area contributed by atoms with Crippen molar-refractivity contribution in [2.45, 2.75) is 12.1 Å². The zero-order valence-electron chi connectivity index (χ0n) is 15.7. The molecule has 3 aromatic rings. The van der Waals surface area contributed by atoms with Gasteiger partial charge in [-0.15, -0.1) is 11.3 Å². The lowest BCUT2D eigenvalue weighted by atomic mass is 10.1. The van der Waals surface area contributed by atoms with Crippen molar-refractivity contribution in [1.82, 2.24) is 5.32 Å². The maximum Gasteiger partial charge on any atom is 0.347 e. The van der Waals surface area contributed by atoms with E-state index in [9.17, 15) is 9.36 Å². The first-order valence-corrected chi connectivity index (χ1v) is 12.9. The van der Waals surface area contributed by atoms with Crippen LogP contribution < -0.4 is 5.32 Å². The number of halogens is 2. The molecule has 0 aliphatic carbocycles. The lowest BCUT2D eigenvalue weighted by molar-refractivity contribution is -0.120. The van der Waals surface area contributed by atoms with Gasteiger partial charge in [-0.1, -0.05) is 39.7 Å². The molecule has 1 fully saturated rings. The summed E-state index contributed by atoms with van der Waals surface area (Å²) in [5, 5.41) is 5.89. The molecule has 0 radical (unpaired) electrons. The number of thiophene rings is 1. The molecule has 5 nitrogen and oxygen atoms in total. The van der Waals surface area contributed by atoms with Crippen molar-refractivity contribution in [3.63, 3.8) is 0 Å². The maximum atomic E-state index is 13.5. The first kappa shape index (κ1) is 21.8. The summed E-state index contributed by atoms with van der Waals surface area (Å²) in [6.45, 7) is 0.579. The largest absolute Gasteiger partial charge is 0.347 e. The molecule has 1 atom stereocenters. The van der Waals surface area contributed by atoms with Crippen molar-refractivity contribution in [3.05, 3.63) is 74.7 Å². The highest BCUT2D eigenvalue weighted by molar-refractivity contribution is 9.10. The Labute approximate surface area is 191 Å². The summed E-state index contributed by atoms with van der Waals surface area (Å²) in [5.41, 5.74) is 0.416. The van der Waals surface area contributed by atoms with Crippen LogP contribution in [0.2, 0.25) is 5.02 Å². The van der Waals surface area contributed by atoms with Crippen molar-refractivity contribution < 1.29 is 18.4 Å². The summed E-state index contributed by atoms with van der Waals surface area (Å²) in [7, 11) is -3.70. The molecule has 1 aliphatic rings. The Balaban J connectivity index is 1.67. The summed E-state index contributed by atoms with van der Waals surface area (Å²) < 4.78 is 26.5. The van der Waals surface area contributed by atoms with Crippen molar-refractivity contribution in [1.29, 1.82) is 0 Å². The summed E-state index contributed by atoms with van der Waals surface area (Å²) >= 11 is 11.1. The second-order valence-electron chi connectivity index (χ2n) is 6.69. The number of nitrogens with one attached hydrogen (secondary N) is 1. The van der Waals surface area contributed by atoms with E-state index < -0.39 is 19.2 Å². The molecule has 30 heavy (non-hydrogen) atoms. The van der Waals surface area contributed by atoms with Crippen molar-refractivity contribution in [3.8, 4) is 0 Å². The molecule has 156 valence electrons. The van der Waals surface area contributed by atoms with E-state index in [2.05, 4.69) is 21.2 Å². The van der Waals surface area contributed by atoms with E-state index in [4.69, 9.17) is 20.6 Å². The fraction of sp³-hybridized carbons (Fsp3) is 0.190. The third kappa shape index (κ3) is 4.72. The Kier molecular flexibility index (Phi) is 6.78. The smallest absolute Gasteiger partial charge is 0.332 e. The van der Waals surface area contributed by atoms with E-state index in [1.807, 2.05) is 35.7 Å². The van der Waals surface area contributed by atoms with Gasteiger partial charge < -0.3 is 14.4 Å². The Morgan fingerprint density at radius 1 is 1.23 bits per heavy atom. The number of carbonyl (C=O) groups excluding carboxylic acids is 1. The highest BCUT2D eigenvalue weighted by Gasteiger charge is 2.45. The SMILES string of the molecule is O=C(NC=Cc1cccc(Br)c1)C(c1csc2ccc(Cl)cc12)P1(=O)OCCCO1.